The Morgan fingerprint density at radius 3 is 1.80 bits per heavy atom. The van der Waals surface area contributed by atoms with Crippen molar-refractivity contribution in [1.82, 2.24) is 5.32 Å². The Kier molecular flexibility index (Phi) is 29.6. The standard InChI is InChI=1S/C40H75NO12S/c1-3-5-7-9-11-13-14-15-16-17-18-19-21-23-25-27-29-34(44)39(47)41-32(33(43)28-26-24-22-20-12-10-8-6-4-2)31-51-40-37(46)38(53-54(48,49)50)36(45)35(30-42)52-40/h11,13,15-16,32-38,40,42-46H,3-10,12,14,17-31H2,1-2H3,(H,41,47)(H,48,49,50)/b13-11-,16-15-. The molecule has 0 bridgehead atoms. The molecule has 0 radical (unpaired) electrons. The Morgan fingerprint density at radius 1 is 0.741 bits per heavy atom. The largest absolute Gasteiger partial charge is 0.397 e. The molecule has 8 unspecified atom stereocenters. The van der Waals surface area contributed by atoms with Gasteiger partial charge in [0.15, 0.2) is 6.29 Å². The number of hydrogen-bond acceptors (Lipinski definition) is 11. The second-order valence-electron chi connectivity index (χ2n) is 14.7. The molecule has 318 valence electrons. The number of amides is 1. The smallest absolute Gasteiger partial charge is 0.394 e. The molecule has 54 heavy (non-hydrogen) atoms. The number of hydrogen-bond donors (Lipinski definition) is 7. The molecule has 0 spiro atoms. The molecule has 8 atom stereocenters. The van der Waals surface area contributed by atoms with E-state index in [0.29, 0.717) is 19.3 Å². The number of unbranched alkanes of at least 4 members (excludes halogenated alkanes) is 17. The van der Waals surface area contributed by atoms with E-state index >= 15 is 0 Å². The molecule has 13 nitrogen and oxygen atoms in total. The third-order valence-corrected chi connectivity index (χ3v) is 10.3. The summed E-state index contributed by atoms with van der Waals surface area (Å²) in [6.07, 6.45) is 21.0. The van der Waals surface area contributed by atoms with Crippen molar-refractivity contribution in [2.45, 2.75) is 210 Å². The van der Waals surface area contributed by atoms with Crippen LogP contribution in [0.4, 0.5) is 0 Å². The van der Waals surface area contributed by atoms with Gasteiger partial charge in [0.2, 0.25) is 5.91 Å². The molecule has 7 N–H and O–H groups in total. The highest BCUT2D eigenvalue weighted by Crippen LogP contribution is 2.26. The summed E-state index contributed by atoms with van der Waals surface area (Å²) in [5, 5.41) is 55.0. The fourth-order valence-electron chi connectivity index (χ4n) is 6.49. The van der Waals surface area contributed by atoms with E-state index < -0.39 is 78.5 Å². The van der Waals surface area contributed by atoms with E-state index in [2.05, 4.69) is 47.7 Å². The SMILES string of the molecule is CCCCC/C=C\C/C=C\CCCCCCCCC(O)C(=O)NC(COC1OC(CO)C(O)C(OS(=O)(=O)O)C1O)C(O)CCCCCCCCCCC. The van der Waals surface area contributed by atoms with Crippen molar-refractivity contribution in [3.8, 4) is 0 Å². The zero-order chi connectivity index (χ0) is 40.0. The Hall–Kier alpha value is -1.46. The zero-order valence-electron chi connectivity index (χ0n) is 33.1. The lowest BCUT2D eigenvalue weighted by molar-refractivity contribution is -0.298. The normalized spacial score (nSPS) is 22.6. The first-order chi connectivity index (χ1) is 25.9. The summed E-state index contributed by atoms with van der Waals surface area (Å²) in [6.45, 7) is 3.18. The minimum Gasteiger partial charge on any atom is -0.394 e. The van der Waals surface area contributed by atoms with Crippen molar-refractivity contribution in [2.75, 3.05) is 13.2 Å². The number of allylic oxidation sites excluding steroid dienone is 4. The van der Waals surface area contributed by atoms with Crippen molar-refractivity contribution in [3.63, 3.8) is 0 Å². The van der Waals surface area contributed by atoms with Crippen molar-refractivity contribution in [1.29, 1.82) is 0 Å². The van der Waals surface area contributed by atoms with Gasteiger partial charge in [0, 0.05) is 0 Å². The van der Waals surface area contributed by atoms with Gasteiger partial charge < -0.3 is 40.3 Å². The maximum atomic E-state index is 13.0. The molecule has 1 aliphatic heterocycles. The summed E-state index contributed by atoms with van der Waals surface area (Å²) in [6, 6.07) is -1.03. The molecule has 0 aromatic rings. The maximum absolute atomic E-state index is 13.0. The van der Waals surface area contributed by atoms with Crippen LogP contribution in [0.25, 0.3) is 0 Å². The number of aliphatic hydroxyl groups is 5. The number of rotatable bonds is 34. The fourth-order valence-corrected chi connectivity index (χ4v) is 7.00. The second-order valence-corrected chi connectivity index (χ2v) is 15.8. The minimum atomic E-state index is -5.10. The van der Waals surface area contributed by atoms with E-state index in [0.717, 1.165) is 77.0 Å². The summed E-state index contributed by atoms with van der Waals surface area (Å²) < 4.78 is 47.3. The molecule has 1 saturated heterocycles. The second kappa shape index (κ2) is 31.6. The highest BCUT2D eigenvalue weighted by molar-refractivity contribution is 7.80. The van der Waals surface area contributed by atoms with Gasteiger partial charge in [-0.2, -0.15) is 8.42 Å². The van der Waals surface area contributed by atoms with Gasteiger partial charge in [-0.3, -0.25) is 9.35 Å². The Balaban J connectivity index is 2.59. The predicted molar refractivity (Wildman–Crippen MR) is 210 cm³/mol. The van der Waals surface area contributed by atoms with Crippen LogP contribution >= 0.6 is 0 Å². The molecule has 1 fully saturated rings. The first-order valence-corrected chi connectivity index (χ1v) is 22.2. The molecular formula is C40H75NO12S. The van der Waals surface area contributed by atoms with Crippen LogP contribution < -0.4 is 5.32 Å². The van der Waals surface area contributed by atoms with Crippen LogP contribution in [0.1, 0.15) is 162 Å². The van der Waals surface area contributed by atoms with Crippen LogP contribution in [0.2, 0.25) is 0 Å². The first-order valence-electron chi connectivity index (χ1n) is 20.8. The van der Waals surface area contributed by atoms with Gasteiger partial charge in [0.25, 0.3) is 0 Å². The van der Waals surface area contributed by atoms with Crippen molar-refractivity contribution >= 4 is 16.3 Å². The summed E-state index contributed by atoms with van der Waals surface area (Å²) in [5.74, 6) is -0.682. The predicted octanol–water partition coefficient (Wildman–Crippen LogP) is 5.96. The summed E-state index contributed by atoms with van der Waals surface area (Å²) in [4.78, 5) is 13.0. The van der Waals surface area contributed by atoms with E-state index in [9.17, 15) is 38.7 Å². The van der Waals surface area contributed by atoms with Gasteiger partial charge in [0.05, 0.1) is 25.4 Å². The first kappa shape index (κ1) is 50.6. The van der Waals surface area contributed by atoms with Crippen molar-refractivity contribution in [2.24, 2.45) is 0 Å². The molecule has 14 heteroatoms. The molecule has 1 aliphatic rings. The van der Waals surface area contributed by atoms with E-state index in [1.807, 2.05) is 0 Å². The van der Waals surface area contributed by atoms with E-state index in [-0.39, 0.29) is 6.42 Å². The van der Waals surface area contributed by atoms with Gasteiger partial charge in [-0.25, -0.2) is 4.18 Å². The zero-order valence-corrected chi connectivity index (χ0v) is 34.0. The summed E-state index contributed by atoms with van der Waals surface area (Å²) in [7, 11) is -5.10. The molecule has 0 aliphatic carbocycles. The van der Waals surface area contributed by atoms with Crippen LogP contribution in [0.3, 0.4) is 0 Å². The molecule has 1 rings (SSSR count). The highest BCUT2D eigenvalue weighted by atomic mass is 32.3. The third-order valence-electron chi connectivity index (χ3n) is 9.87. The molecule has 1 amide bonds. The van der Waals surface area contributed by atoms with E-state index in [4.69, 9.17) is 14.0 Å². The van der Waals surface area contributed by atoms with Crippen molar-refractivity contribution < 1.29 is 57.0 Å². The topological polar surface area (TPSA) is 212 Å². The number of ether oxygens (including phenoxy) is 2. The van der Waals surface area contributed by atoms with E-state index in [1.165, 1.54) is 44.9 Å². The number of carbonyl (C=O) groups is 1. The molecule has 0 aromatic heterocycles. The fraction of sp³-hybridized carbons (Fsp3) is 0.875. The van der Waals surface area contributed by atoms with Gasteiger partial charge in [0.1, 0.15) is 30.5 Å². The lowest BCUT2D eigenvalue weighted by Gasteiger charge is -2.41. The third kappa shape index (κ3) is 24.2. The van der Waals surface area contributed by atoms with Crippen LogP contribution in [0.15, 0.2) is 24.3 Å². The molecular weight excluding hydrogens is 719 g/mol. The lowest BCUT2D eigenvalue weighted by atomic mass is 9.99. The number of aliphatic hydroxyl groups excluding tert-OH is 5. The Bertz CT molecular complexity index is 1090. The number of nitrogens with one attached hydrogen (secondary N) is 1. The van der Waals surface area contributed by atoms with Gasteiger partial charge in [-0.05, 0) is 44.9 Å². The minimum absolute atomic E-state index is 0.248. The van der Waals surface area contributed by atoms with Gasteiger partial charge in [-0.15, -0.1) is 0 Å². The Labute approximate surface area is 325 Å². The van der Waals surface area contributed by atoms with Crippen LogP contribution in [-0.4, -0.2) is 107 Å². The molecule has 0 aromatic carbocycles. The van der Waals surface area contributed by atoms with Gasteiger partial charge >= 0.3 is 10.4 Å². The van der Waals surface area contributed by atoms with Crippen LogP contribution in [-0.2, 0) is 28.9 Å². The van der Waals surface area contributed by atoms with Crippen LogP contribution in [0.5, 0.6) is 0 Å². The average Bonchev–Trinajstić information content (AvgIpc) is 3.14. The summed E-state index contributed by atoms with van der Waals surface area (Å²) >= 11 is 0. The lowest BCUT2D eigenvalue weighted by Crippen LogP contribution is -2.61. The van der Waals surface area contributed by atoms with Crippen LogP contribution in [0, 0.1) is 0 Å². The van der Waals surface area contributed by atoms with E-state index in [1.54, 1.807) is 0 Å². The van der Waals surface area contributed by atoms with Crippen molar-refractivity contribution in [3.05, 3.63) is 24.3 Å². The maximum Gasteiger partial charge on any atom is 0.397 e. The monoisotopic (exact) mass is 794 g/mol. The molecule has 1 heterocycles. The quantitative estimate of drug-likeness (QED) is 0.0229. The highest BCUT2D eigenvalue weighted by Gasteiger charge is 2.48. The number of carbonyl (C=O) groups excluding carboxylic acids is 1. The molecule has 0 saturated carbocycles. The summed E-state index contributed by atoms with van der Waals surface area (Å²) in [5.41, 5.74) is 0. The average molecular weight is 794 g/mol. The van der Waals surface area contributed by atoms with Gasteiger partial charge in [-0.1, -0.05) is 141 Å². The Morgan fingerprint density at radius 2 is 1.24 bits per heavy atom.